The summed E-state index contributed by atoms with van der Waals surface area (Å²) in [4.78, 5) is 23.7. The minimum Gasteiger partial charge on any atom is -0.492 e. The van der Waals surface area contributed by atoms with Gasteiger partial charge in [-0.1, -0.05) is 24.1 Å². The summed E-state index contributed by atoms with van der Waals surface area (Å²) >= 11 is 5.91. The van der Waals surface area contributed by atoms with E-state index in [4.69, 9.17) is 16.3 Å². The Labute approximate surface area is 209 Å². The van der Waals surface area contributed by atoms with E-state index in [-0.39, 0.29) is 10.9 Å². The van der Waals surface area contributed by atoms with Gasteiger partial charge in [0.15, 0.2) is 0 Å². The van der Waals surface area contributed by atoms with E-state index in [2.05, 4.69) is 25.5 Å². The van der Waals surface area contributed by atoms with Crippen molar-refractivity contribution in [3.63, 3.8) is 0 Å². The van der Waals surface area contributed by atoms with E-state index in [0.29, 0.717) is 40.5 Å². The average molecular weight is 498 g/mol. The molecule has 1 amide bonds. The number of carbonyl (C=O) groups excluding carboxylic acids is 1. The Hall–Kier alpha value is -3.23. The second-order valence-corrected chi connectivity index (χ2v) is 8.76. The van der Waals surface area contributed by atoms with Crippen molar-refractivity contribution in [2.24, 2.45) is 0 Å². The number of nitrogens with one attached hydrogen (secondary N) is 2. The third-order valence-corrected chi connectivity index (χ3v) is 6.10. The maximum atomic E-state index is 13.5. The zero-order valence-electron chi connectivity index (χ0n) is 19.7. The molecule has 9 heteroatoms. The Morgan fingerprint density at radius 1 is 1.20 bits per heavy atom. The van der Waals surface area contributed by atoms with Gasteiger partial charge in [0.2, 0.25) is 5.91 Å². The maximum absolute atomic E-state index is 13.5. The van der Waals surface area contributed by atoms with E-state index >= 15 is 0 Å². The van der Waals surface area contributed by atoms with Crippen LogP contribution in [0.3, 0.4) is 0 Å². The first kappa shape index (κ1) is 24.9. The third kappa shape index (κ3) is 6.68. The highest BCUT2D eigenvalue weighted by atomic mass is 35.5. The second-order valence-electron chi connectivity index (χ2n) is 8.36. The number of anilines is 3. The summed E-state index contributed by atoms with van der Waals surface area (Å²) in [6.45, 7) is 5.55. The van der Waals surface area contributed by atoms with Crippen LogP contribution < -0.4 is 15.4 Å². The lowest BCUT2D eigenvalue weighted by atomic mass is 10.1. The maximum Gasteiger partial charge on any atom is 0.248 e. The molecule has 7 nitrogen and oxygen atoms in total. The number of ether oxygens (including phenoxy) is 1. The number of rotatable bonds is 9. The van der Waals surface area contributed by atoms with Gasteiger partial charge in [0.25, 0.3) is 0 Å². The fourth-order valence-corrected chi connectivity index (χ4v) is 4.25. The highest BCUT2D eigenvalue weighted by molar-refractivity contribution is 6.31. The van der Waals surface area contributed by atoms with Crippen molar-refractivity contribution in [3.05, 3.63) is 59.7 Å². The first-order valence-electron chi connectivity index (χ1n) is 11.9. The number of amides is 1. The molecule has 0 spiro atoms. The second kappa shape index (κ2) is 12.0. The molecular formula is C26H29ClFN5O2. The van der Waals surface area contributed by atoms with Gasteiger partial charge < -0.3 is 20.3 Å². The van der Waals surface area contributed by atoms with Crippen LogP contribution in [0.1, 0.15) is 32.6 Å². The summed E-state index contributed by atoms with van der Waals surface area (Å²) in [7, 11) is 0. The van der Waals surface area contributed by atoms with E-state index in [0.717, 1.165) is 26.1 Å². The van der Waals surface area contributed by atoms with Gasteiger partial charge in [0.05, 0.1) is 22.8 Å². The lowest BCUT2D eigenvalue weighted by Crippen LogP contribution is -2.30. The fourth-order valence-electron chi connectivity index (χ4n) is 4.07. The zero-order valence-corrected chi connectivity index (χ0v) is 20.4. The molecule has 2 heterocycles. The SMILES string of the molecule is CCOc1cc2ncnc(Nc3ccc(F)c(Cl)c3)c2cc1NC(=O)C=CCCN1CCCCC1. The Kier molecular flexibility index (Phi) is 8.50. The van der Waals surface area contributed by atoms with Gasteiger partial charge in [-0.05, 0) is 69.6 Å². The van der Waals surface area contributed by atoms with Crippen molar-refractivity contribution in [1.29, 1.82) is 0 Å². The number of halogens is 2. The number of hydrogen-bond donors (Lipinski definition) is 2. The Balaban J connectivity index is 1.52. The minimum atomic E-state index is -0.500. The summed E-state index contributed by atoms with van der Waals surface area (Å²) in [5.41, 5.74) is 1.72. The van der Waals surface area contributed by atoms with E-state index in [1.807, 2.05) is 13.0 Å². The minimum absolute atomic E-state index is 0.00650. The van der Waals surface area contributed by atoms with Crippen LogP contribution in [0.2, 0.25) is 5.02 Å². The van der Waals surface area contributed by atoms with Crippen molar-refractivity contribution < 1.29 is 13.9 Å². The van der Waals surface area contributed by atoms with Gasteiger partial charge in [0.1, 0.15) is 23.7 Å². The van der Waals surface area contributed by atoms with Crippen molar-refractivity contribution in [1.82, 2.24) is 14.9 Å². The molecule has 3 aromatic rings. The molecule has 35 heavy (non-hydrogen) atoms. The number of benzene rings is 2. The average Bonchev–Trinajstić information content (AvgIpc) is 2.86. The normalized spacial score (nSPS) is 14.4. The van der Waals surface area contributed by atoms with Crippen LogP contribution in [0.4, 0.5) is 21.6 Å². The molecule has 2 aromatic carbocycles. The number of likely N-dealkylation sites (tertiary alicyclic amines) is 1. The summed E-state index contributed by atoms with van der Waals surface area (Å²) in [6, 6.07) is 7.87. The molecule has 0 radical (unpaired) electrons. The molecule has 184 valence electrons. The molecule has 0 unspecified atom stereocenters. The fraction of sp³-hybridized carbons (Fsp3) is 0.346. The molecule has 4 rings (SSSR count). The van der Waals surface area contributed by atoms with E-state index in [1.54, 1.807) is 24.3 Å². The highest BCUT2D eigenvalue weighted by Crippen LogP contribution is 2.34. The van der Waals surface area contributed by atoms with Gasteiger partial charge in [-0.15, -0.1) is 0 Å². The van der Waals surface area contributed by atoms with Crippen molar-refractivity contribution >= 4 is 45.6 Å². The lowest BCUT2D eigenvalue weighted by molar-refractivity contribution is -0.111. The predicted octanol–water partition coefficient (Wildman–Crippen LogP) is 5.94. The van der Waals surface area contributed by atoms with E-state index < -0.39 is 5.82 Å². The van der Waals surface area contributed by atoms with Crippen molar-refractivity contribution in [3.8, 4) is 5.75 Å². The molecule has 1 aromatic heterocycles. The number of fused-ring (bicyclic) bond motifs is 1. The number of aromatic nitrogens is 2. The van der Waals surface area contributed by atoms with E-state index in [1.165, 1.54) is 37.7 Å². The predicted molar refractivity (Wildman–Crippen MR) is 138 cm³/mol. The van der Waals surface area contributed by atoms with Gasteiger partial charge in [-0.2, -0.15) is 0 Å². The number of hydrogen-bond acceptors (Lipinski definition) is 6. The summed E-state index contributed by atoms with van der Waals surface area (Å²) in [5, 5.41) is 6.73. The number of nitrogens with zero attached hydrogens (tertiary/aromatic N) is 3. The van der Waals surface area contributed by atoms with Crippen LogP contribution in [0.25, 0.3) is 10.9 Å². The van der Waals surface area contributed by atoms with Crippen molar-refractivity contribution in [2.75, 3.05) is 36.9 Å². The van der Waals surface area contributed by atoms with Crippen LogP contribution in [-0.4, -0.2) is 47.0 Å². The van der Waals surface area contributed by atoms with Crippen LogP contribution in [0.15, 0.2) is 48.8 Å². The molecule has 1 fully saturated rings. The quantitative estimate of drug-likeness (QED) is 0.356. The summed E-state index contributed by atoms with van der Waals surface area (Å²) < 4.78 is 19.3. The molecule has 2 N–H and O–H groups in total. The zero-order chi connectivity index (χ0) is 24.6. The number of carbonyl (C=O) groups is 1. The first-order valence-corrected chi connectivity index (χ1v) is 12.2. The third-order valence-electron chi connectivity index (χ3n) is 5.81. The molecule has 0 bridgehead atoms. The lowest BCUT2D eigenvalue weighted by Gasteiger charge is -2.25. The topological polar surface area (TPSA) is 79.4 Å². The largest absolute Gasteiger partial charge is 0.492 e. The van der Waals surface area contributed by atoms with Gasteiger partial charge in [-0.3, -0.25) is 4.79 Å². The standard InChI is InChI=1S/C26H29ClFN5O2/c1-2-35-24-16-22-19(26(30-17-29-22)31-18-9-10-21(28)20(27)14-18)15-23(24)32-25(34)8-4-7-13-33-11-5-3-6-12-33/h4,8-10,14-17H,2-3,5-7,11-13H2,1H3,(H,32,34)(H,29,30,31). The van der Waals surface area contributed by atoms with Gasteiger partial charge in [-0.25, -0.2) is 14.4 Å². The van der Waals surface area contributed by atoms with Gasteiger partial charge >= 0.3 is 0 Å². The molecule has 1 saturated heterocycles. The van der Waals surface area contributed by atoms with Crippen LogP contribution >= 0.6 is 11.6 Å². The monoisotopic (exact) mass is 497 g/mol. The number of piperidine rings is 1. The van der Waals surface area contributed by atoms with Crippen LogP contribution in [-0.2, 0) is 4.79 Å². The van der Waals surface area contributed by atoms with Crippen molar-refractivity contribution in [2.45, 2.75) is 32.6 Å². The smallest absolute Gasteiger partial charge is 0.248 e. The molecule has 1 aliphatic heterocycles. The Morgan fingerprint density at radius 3 is 2.80 bits per heavy atom. The Bertz CT molecular complexity index is 1210. The van der Waals surface area contributed by atoms with Crippen LogP contribution in [0, 0.1) is 5.82 Å². The molecule has 0 aliphatic carbocycles. The Morgan fingerprint density at radius 2 is 2.03 bits per heavy atom. The van der Waals surface area contributed by atoms with E-state index in [9.17, 15) is 9.18 Å². The first-order chi connectivity index (χ1) is 17.0. The molecule has 0 saturated carbocycles. The summed E-state index contributed by atoms with van der Waals surface area (Å²) in [6.07, 6.45) is 9.52. The highest BCUT2D eigenvalue weighted by Gasteiger charge is 2.14. The van der Waals surface area contributed by atoms with Crippen LogP contribution in [0.5, 0.6) is 5.75 Å². The summed E-state index contributed by atoms with van der Waals surface area (Å²) in [5.74, 6) is 0.276. The molecule has 0 atom stereocenters. The molecule has 1 aliphatic rings. The molecular weight excluding hydrogens is 469 g/mol. The van der Waals surface area contributed by atoms with Gasteiger partial charge in [0, 0.05) is 23.7 Å².